The molecule has 1 saturated carbocycles. The van der Waals surface area contributed by atoms with Crippen LogP contribution in [0.1, 0.15) is 34.6 Å². The number of benzene rings is 4. The van der Waals surface area contributed by atoms with Crippen LogP contribution in [0.25, 0.3) is 32.7 Å². The highest BCUT2D eigenvalue weighted by molar-refractivity contribution is 6.10. The number of hydrogen-bond acceptors (Lipinski definition) is 3. The lowest BCUT2D eigenvalue weighted by Gasteiger charge is -2.19. The van der Waals surface area contributed by atoms with Gasteiger partial charge in [-0.25, -0.2) is 0 Å². The van der Waals surface area contributed by atoms with E-state index < -0.39 is 0 Å². The van der Waals surface area contributed by atoms with Crippen molar-refractivity contribution in [3.8, 4) is 22.6 Å². The zero-order valence-corrected chi connectivity index (χ0v) is 21.1. The molecule has 0 radical (unpaired) electrons. The summed E-state index contributed by atoms with van der Waals surface area (Å²) in [7, 11) is 0. The Morgan fingerprint density at radius 1 is 0.829 bits per heavy atom. The molecular weight excluding hydrogens is 432 g/mol. The quantitative estimate of drug-likeness (QED) is 0.164. The second-order valence-electron chi connectivity index (χ2n) is 10.2. The van der Waals surface area contributed by atoms with E-state index in [-0.39, 0.29) is 23.2 Å². The van der Waals surface area contributed by atoms with Crippen molar-refractivity contribution in [1.82, 2.24) is 0 Å². The lowest BCUT2D eigenvalue weighted by Crippen LogP contribution is -2.14. The zero-order valence-electron chi connectivity index (χ0n) is 21.1. The van der Waals surface area contributed by atoms with Gasteiger partial charge in [0.1, 0.15) is 11.5 Å². The van der Waals surface area contributed by atoms with Crippen LogP contribution in [-0.4, -0.2) is 12.6 Å². The standard InChI is InChI=1S/C32H32O3/c1-6-34-26-17-15-21-11-7-9-13-23(21)28(26)29-24-14-10-8-12-22(24)16-18-27(29)35-31(33)30-25(19-20(2)3)32(30,4)5/h7-19,25,30H,6H2,1-5H3/t25-,30-/m0/s1. The van der Waals surface area contributed by atoms with Crippen molar-refractivity contribution in [2.24, 2.45) is 17.3 Å². The number of allylic oxidation sites excluding steroid dienone is 2. The molecule has 0 aliphatic heterocycles. The Balaban J connectivity index is 1.70. The SMILES string of the molecule is CCOc1ccc2ccccc2c1-c1c(OC(=O)[C@@H]2[C@H](C=C(C)C)C2(C)C)ccc2ccccc12. The summed E-state index contributed by atoms with van der Waals surface area (Å²) in [5.41, 5.74) is 2.97. The van der Waals surface area contributed by atoms with Gasteiger partial charge >= 0.3 is 5.97 Å². The van der Waals surface area contributed by atoms with Crippen LogP contribution in [0.2, 0.25) is 0 Å². The lowest BCUT2D eigenvalue weighted by atomic mass is 9.92. The number of fused-ring (bicyclic) bond motifs is 2. The largest absolute Gasteiger partial charge is 0.493 e. The molecule has 0 spiro atoms. The molecule has 4 aromatic carbocycles. The van der Waals surface area contributed by atoms with Crippen LogP contribution < -0.4 is 9.47 Å². The molecular formula is C32H32O3. The molecule has 35 heavy (non-hydrogen) atoms. The van der Waals surface area contributed by atoms with Crippen LogP contribution in [0.15, 0.2) is 84.4 Å². The minimum Gasteiger partial charge on any atom is -0.493 e. The van der Waals surface area contributed by atoms with Gasteiger partial charge in [0, 0.05) is 11.1 Å². The summed E-state index contributed by atoms with van der Waals surface area (Å²) >= 11 is 0. The Morgan fingerprint density at radius 3 is 1.94 bits per heavy atom. The van der Waals surface area contributed by atoms with E-state index in [4.69, 9.17) is 9.47 Å². The van der Waals surface area contributed by atoms with Crippen LogP contribution >= 0.6 is 0 Å². The Kier molecular flexibility index (Phi) is 5.88. The number of esters is 1. The molecule has 2 atom stereocenters. The molecule has 0 unspecified atom stereocenters. The van der Waals surface area contributed by atoms with Gasteiger partial charge in [0.2, 0.25) is 0 Å². The summed E-state index contributed by atoms with van der Waals surface area (Å²) in [6, 6.07) is 24.6. The number of carbonyl (C=O) groups excluding carboxylic acids is 1. The smallest absolute Gasteiger partial charge is 0.315 e. The first-order chi connectivity index (χ1) is 16.8. The summed E-state index contributed by atoms with van der Waals surface area (Å²) in [6.45, 7) is 11.0. The van der Waals surface area contributed by atoms with Gasteiger partial charge in [-0.3, -0.25) is 4.79 Å². The van der Waals surface area contributed by atoms with Crippen LogP contribution in [0.5, 0.6) is 11.5 Å². The maximum absolute atomic E-state index is 13.5. The first-order valence-corrected chi connectivity index (χ1v) is 12.4. The van der Waals surface area contributed by atoms with Gasteiger partial charge in [0.25, 0.3) is 0 Å². The maximum Gasteiger partial charge on any atom is 0.315 e. The molecule has 0 aromatic heterocycles. The summed E-state index contributed by atoms with van der Waals surface area (Å²) in [6.07, 6.45) is 2.20. The molecule has 0 N–H and O–H groups in total. The second-order valence-corrected chi connectivity index (χ2v) is 10.2. The summed E-state index contributed by atoms with van der Waals surface area (Å²) in [5.74, 6) is 1.22. The number of rotatable bonds is 6. The topological polar surface area (TPSA) is 35.5 Å². The van der Waals surface area contributed by atoms with Gasteiger partial charge in [-0.2, -0.15) is 0 Å². The molecule has 178 valence electrons. The van der Waals surface area contributed by atoms with Gasteiger partial charge in [0.15, 0.2) is 0 Å². The molecule has 3 heteroatoms. The van der Waals surface area contributed by atoms with Crippen molar-refractivity contribution in [2.75, 3.05) is 6.61 Å². The highest BCUT2D eigenvalue weighted by atomic mass is 16.5. The van der Waals surface area contributed by atoms with Crippen LogP contribution in [0, 0.1) is 17.3 Å². The van der Waals surface area contributed by atoms with Gasteiger partial charge < -0.3 is 9.47 Å². The lowest BCUT2D eigenvalue weighted by molar-refractivity contribution is -0.136. The average Bonchev–Trinajstić information content (AvgIpc) is 3.38. The van der Waals surface area contributed by atoms with Crippen molar-refractivity contribution < 1.29 is 14.3 Å². The van der Waals surface area contributed by atoms with Crippen molar-refractivity contribution in [1.29, 1.82) is 0 Å². The minimum atomic E-state index is -0.174. The van der Waals surface area contributed by atoms with Crippen LogP contribution in [-0.2, 0) is 4.79 Å². The van der Waals surface area contributed by atoms with Gasteiger partial charge in [0.05, 0.1) is 12.5 Å². The third kappa shape index (κ3) is 4.10. The van der Waals surface area contributed by atoms with Crippen molar-refractivity contribution in [3.63, 3.8) is 0 Å². The number of ether oxygens (including phenoxy) is 2. The molecule has 5 rings (SSSR count). The molecule has 3 nitrogen and oxygen atoms in total. The van der Waals surface area contributed by atoms with E-state index >= 15 is 0 Å². The van der Waals surface area contributed by atoms with E-state index in [0.29, 0.717) is 12.4 Å². The maximum atomic E-state index is 13.5. The van der Waals surface area contributed by atoms with E-state index in [2.05, 4.69) is 64.1 Å². The average molecular weight is 465 g/mol. The second kappa shape index (κ2) is 8.88. The third-order valence-electron chi connectivity index (χ3n) is 7.22. The highest BCUT2D eigenvalue weighted by Crippen LogP contribution is 2.60. The van der Waals surface area contributed by atoms with Crippen LogP contribution in [0.3, 0.4) is 0 Å². The van der Waals surface area contributed by atoms with Crippen molar-refractivity contribution >= 4 is 27.5 Å². The molecule has 1 fully saturated rings. The zero-order chi connectivity index (χ0) is 24.7. The third-order valence-corrected chi connectivity index (χ3v) is 7.22. The Labute approximate surface area is 207 Å². The fraction of sp³-hybridized carbons (Fsp3) is 0.281. The first-order valence-electron chi connectivity index (χ1n) is 12.4. The molecule has 0 heterocycles. The van der Waals surface area contributed by atoms with Crippen molar-refractivity contribution in [2.45, 2.75) is 34.6 Å². The molecule has 0 saturated heterocycles. The van der Waals surface area contributed by atoms with Gasteiger partial charge in [-0.15, -0.1) is 0 Å². The van der Waals surface area contributed by atoms with E-state index in [9.17, 15) is 4.79 Å². The Morgan fingerprint density at radius 2 is 1.37 bits per heavy atom. The normalized spacial score (nSPS) is 18.3. The first kappa shape index (κ1) is 23.2. The number of hydrogen-bond donors (Lipinski definition) is 0. The monoisotopic (exact) mass is 464 g/mol. The van der Waals surface area contributed by atoms with Crippen molar-refractivity contribution in [3.05, 3.63) is 84.4 Å². The van der Waals surface area contributed by atoms with E-state index in [0.717, 1.165) is 38.4 Å². The van der Waals surface area contributed by atoms with E-state index in [1.807, 2.05) is 49.4 Å². The fourth-order valence-electron chi connectivity index (χ4n) is 5.35. The summed E-state index contributed by atoms with van der Waals surface area (Å²) in [5, 5.41) is 4.31. The molecule has 4 aromatic rings. The molecule has 0 bridgehead atoms. The predicted octanol–water partition coefficient (Wildman–Crippen LogP) is 8.20. The predicted molar refractivity (Wildman–Crippen MR) is 144 cm³/mol. The molecule has 0 amide bonds. The van der Waals surface area contributed by atoms with Gasteiger partial charge in [-0.05, 0) is 65.8 Å². The Bertz CT molecular complexity index is 1460. The van der Waals surface area contributed by atoms with E-state index in [1.54, 1.807) is 0 Å². The minimum absolute atomic E-state index is 0.110. The Hall–Kier alpha value is -3.59. The summed E-state index contributed by atoms with van der Waals surface area (Å²) < 4.78 is 12.4. The number of carbonyl (C=O) groups is 1. The highest BCUT2D eigenvalue weighted by Gasteiger charge is 2.61. The fourth-order valence-corrected chi connectivity index (χ4v) is 5.35. The molecule has 1 aliphatic carbocycles. The van der Waals surface area contributed by atoms with Crippen LogP contribution in [0.4, 0.5) is 0 Å². The van der Waals surface area contributed by atoms with Gasteiger partial charge in [-0.1, -0.05) is 86.2 Å². The molecule has 1 aliphatic rings. The summed E-state index contributed by atoms with van der Waals surface area (Å²) in [4.78, 5) is 13.5. The van der Waals surface area contributed by atoms with E-state index in [1.165, 1.54) is 5.57 Å².